The van der Waals surface area contributed by atoms with Crippen LogP contribution in [0, 0.1) is 12.8 Å². The number of carboxylic acid groups (broad SMARTS) is 1. The van der Waals surface area contributed by atoms with Crippen LogP contribution >= 0.6 is 11.8 Å². The lowest BCUT2D eigenvalue weighted by Crippen LogP contribution is -2.00. The Hall–Kier alpha value is -0.960. The third-order valence-corrected chi connectivity index (χ3v) is 3.44. The van der Waals surface area contributed by atoms with Gasteiger partial charge in [0.1, 0.15) is 0 Å². The number of carboxylic acids is 1. The van der Waals surface area contributed by atoms with E-state index in [1.165, 1.54) is 0 Å². The molecule has 0 saturated heterocycles. The second-order valence-corrected chi connectivity index (χ2v) is 5.07. The fourth-order valence-corrected chi connectivity index (χ4v) is 2.17. The Balaban J connectivity index is 2.91. The number of hydrogen-bond acceptors (Lipinski definition) is 2. The van der Waals surface area contributed by atoms with E-state index >= 15 is 0 Å². The molecule has 0 aliphatic carbocycles. The van der Waals surface area contributed by atoms with E-state index in [-0.39, 0.29) is 0 Å². The summed E-state index contributed by atoms with van der Waals surface area (Å²) in [6.07, 6.45) is 0. The molecule has 0 saturated carbocycles. The van der Waals surface area contributed by atoms with Crippen molar-refractivity contribution in [1.82, 2.24) is 0 Å². The van der Waals surface area contributed by atoms with Gasteiger partial charge in [0.05, 0.1) is 5.56 Å². The third kappa shape index (κ3) is 3.59. The van der Waals surface area contributed by atoms with Crippen LogP contribution in [0.3, 0.4) is 0 Å². The predicted octanol–water partition coefficient (Wildman–Crippen LogP) is 3.44. The Labute approximate surface area is 94.7 Å². The quantitative estimate of drug-likeness (QED) is 0.796. The van der Waals surface area contributed by atoms with Crippen LogP contribution in [0.5, 0.6) is 0 Å². The number of benzene rings is 1. The molecule has 15 heavy (non-hydrogen) atoms. The zero-order valence-corrected chi connectivity index (χ0v) is 10.1. The molecule has 0 aliphatic heterocycles. The molecule has 0 heterocycles. The Morgan fingerprint density at radius 1 is 1.47 bits per heavy atom. The highest BCUT2D eigenvalue weighted by atomic mass is 32.2. The molecule has 1 aromatic rings. The SMILES string of the molecule is Cc1ccc(SCC(C)C)c(C(=O)O)c1. The van der Waals surface area contributed by atoms with Crippen molar-refractivity contribution in [3.8, 4) is 0 Å². The maximum atomic E-state index is 11.0. The fraction of sp³-hybridized carbons (Fsp3) is 0.417. The summed E-state index contributed by atoms with van der Waals surface area (Å²) in [5.41, 5.74) is 1.40. The number of aryl methyl sites for hydroxylation is 1. The van der Waals surface area contributed by atoms with E-state index in [0.717, 1.165) is 16.2 Å². The van der Waals surface area contributed by atoms with Gasteiger partial charge in [0.25, 0.3) is 0 Å². The van der Waals surface area contributed by atoms with Crippen molar-refractivity contribution in [2.24, 2.45) is 5.92 Å². The van der Waals surface area contributed by atoms with Crippen molar-refractivity contribution in [1.29, 1.82) is 0 Å². The lowest BCUT2D eigenvalue weighted by Gasteiger charge is -2.08. The second-order valence-electron chi connectivity index (χ2n) is 4.01. The average Bonchev–Trinajstić information content (AvgIpc) is 2.15. The fourth-order valence-electron chi connectivity index (χ4n) is 1.19. The van der Waals surface area contributed by atoms with Gasteiger partial charge >= 0.3 is 5.97 Å². The molecule has 1 N–H and O–H groups in total. The molecule has 0 bridgehead atoms. The smallest absolute Gasteiger partial charge is 0.336 e. The Kier molecular flexibility index (Phi) is 4.21. The highest BCUT2D eigenvalue weighted by Gasteiger charge is 2.10. The minimum absolute atomic E-state index is 0.417. The second kappa shape index (κ2) is 5.21. The first-order valence-electron chi connectivity index (χ1n) is 4.97. The van der Waals surface area contributed by atoms with E-state index in [1.807, 2.05) is 19.1 Å². The van der Waals surface area contributed by atoms with Crippen LogP contribution in [0.15, 0.2) is 23.1 Å². The molecular formula is C12H16O2S. The first-order chi connectivity index (χ1) is 7.00. The van der Waals surface area contributed by atoms with Gasteiger partial charge in [-0.05, 0) is 25.0 Å². The predicted molar refractivity (Wildman–Crippen MR) is 63.7 cm³/mol. The van der Waals surface area contributed by atoms with Crippen molar-refractivity contribution in [2.75, 3.05) is 5.75 Å². The first-order valence-corrected chi connectivity index (χ1v) is 5.96. The van der Waals surface area contributed by atoms with Crippen LogP contribution in [-0.4, -0.2) is 16.8 Å². The molecule has 0 atom stereocenters. The van der Waals surface area contributed by atoms with Crippen molar-refractivity contribution in [3.05, 3.63) is 29.3 Å². The van der Waals surface area contributed by atoms with Gasteiger partial charge in [-0.15, -0.1) is 11.8 Å². The molecule has 1 aromatic carbocycles. The highest BCUT2D eigenvalue weighted by Crippen LogP contribution is 2.25. The molecule has 2 nitrogen and oxygen atoms in total. The van der Waals surface area contributed by atoms with E-state index in [0.29, 0.717) is 11.5 Å². The van der Waals surface area contributed by atoms with Crippen LogP contribution < -0.4 is 0 Å². The molecule has 0 aliphatic rings. The zero-order valence-electron chi connectivity index (χ0n) is 9.28. The topological polar surface area (TPSA) is 37.3 Å². The largest absolute Gasteiger partial charge is 0.478 e. The van der Waals surface area contributed by atoms with Crippen LogP contribution in [0.1, 0.15) is 29.8 Å². The summed E-state index contributed by atoms with van der Waals surface area (Å²) in [6, 6.07) is 5.58. The summed E-state index contributed by atoms with van der Waals surface area (Å²) in [6.45, 7) is 6.16. The van der Waals surface area contributed by atoms with E-state index in [4.69, 9.17) is 5.11 Å². The molecular weight excluding hydrogens is 208 g/mol. The van der Waals surface area contributed by atoms with Gasteiger partial charge in [0, 0.05) is 10.6 Å². The van der Waals surface area contributed by atoms with E-state index in [9.17, 15) is 4.79 Å². The Morgan fingerprint density at radius 2 is 2.13 bits per heavy atom. The van der Waals surface area contributed by atoms with Crippen LogP contribution in [0.4, 0.5) is 0 Å². The minimum Gasteiger partial charge on any atom is -0.478 e. The summed E-state index contributed by atoms with van der Waals surface area (Å²) in [5.74, 6) is 0.673. The van der Waals surface area contributed by atoms with Crippen molar-refractivity contribution in [2.45, 2.75) is 25.7 Å². The van der Waals surface area contributed by atoms with Crippen LogP contribution in [-0.2, 0) is 0 Å². The number of rotatable bonds is 4. The van der Waals surface area contributed by atoms with Gasteiger partial charge in [-0.25, -0.2) is 4.79 Å². The lowest BCUT2D eigenvalue weighted by molar-refractivity contribution is 0.0693. The van der Waals surface area contributed by atoms with Crippen LogP contribution in [0.2, 0.25) is 0 Å². The Bertz CT molecular complexity index is 359. The van der Waals surface area contributed by atoms with Gasteiger partial charge in [-0.3, -0.25) is 0 Å². The van der Waals surface area contributed by atoms with Gasteiger partial charge in [-0.2, -0.15) is 0 Å². The van der Waals surface area contributed by atoms with Gasteiger partial charge in [-0.1, -0.05) is 25.5 Å². The zero-order chi connectivity index (χ0) is 11.4. The summed E-state index contributed by atoms with van der Waals surface area (Å²) in [4.78, 5) is 11.9. The maximum Gasteiger partial charge on any atom is 0.336 e. The summed E-state index contributed by atoms with van der Waals surface area (Å²) in [7, 11) is 0. The average molecular weight is 224 g/mol. The lowest BCUT2D eigenvalue weighted by atomic mass is 10.1. The standard InChI is InChI=1S/C12H16O2S/c1-8(2)7-15-11-5-4-9(3)6-10(11)12(13)14/h4-6,8H,7H2,1-3H3,(H,13,14). The molecule has 3 heteroatoms. The van der Waals surface area contributed by atoms with E-state index in [2.05, 4.69) is 13.8 Å². The van der Waals surface area contributed by atoms with Gasteiger partial charge in [0.2, 0.25) is 0 Å². The number of thioether (sulfide) groups is 1. The van der Waals surface area contributed by atoms with E-state index in [1.54, 1.807) is 17.8 Å². The monoisotopic (exact) mass is 224 g/mol. The summed E-state index contributed by atoms with van der Waals surface area (Å²) in [5, 5.41) is 9.04. The number of aromatic carboxylic acids is 1. The molecule has 0 unspecified atom stereocenters. The Morgan fingerprint density at radius 3 is 2.67 bits per heavy atom. The summed E-state index contributed by atoms with van der Waals surface area (Å²) >= 11 is 1.61. The van der Waals surface area contributed by atoms with Crippen molar-refractivity contribution < 1.29 is 9.90 Å². The minimum atomic E-state index is -0.843. The van der Waals surface area contributed by atoms with Gasteiger partial charge in [0.15, 0.2) is 0 Å². The summed E-state index contributed by atoms with van der Waals surface area (Å²) < 4.78 is 0. The van der Waals surface area contributed by atoms with Gasteiger partial charge < -0.3 is 5.11 Å². The molecule has 0 aromatic heterocycles. The molecule has 0 amide bonds. The number of carbonyl (C=O) groups is 1. The normalized spacial score (nSPS) is 10.7. The maximum absolute atomic E-state index is 11.0. The molecule has 82 valence electrons. The molecule has 0 radical (unpaired) electrons. The van der Waals surface area contributed by atoms with E-state index < -0.39 is 5.97 Å². The molecule has 0 spiro atoms. The van der Waals surface area contributed by atoms with Crippen molar-refractivity contribution >= 4 is 17.7 Å². The third-order valence-electron chi connectivity index (χ3n) is 1.94. The highest BCUT2D eigenvalue weighted by molar-refractivity contribution is 7.99. The van der Waals surface area contributed by atoms with Crippen LogP contribution in [0.25, 0.3) is 0 Å². The molecule has 0 fully saturated rings. The first kappa shape index (κ1) is 12.1. The van der Waals surface area contributed by atoms with Crippen molar-refractivity contribution in [3.63, 3.8) is 0 Å². The number of hydrogen-bond donors (Lipinski definition) is 1. The molecule has 1 rings (SSSR count).